The minimum atomic E-state index is -0.244. The van der Waals surface area contributed by atoms with Crippen LogP contribution in [0.3, 0.4) is 0 Å². The third-order valence-electron chi connectivity index (χ3n) is 3.65. The van der Waals surface area contributed by atoms with E-state index < -0.39 is 0 Å². The van der Waals surface area contributed by atoms with Crippen LogP contribution in [0.4, 0.5) is 9.18 Å². The van der Waals surface area contributed by atoms with E-state index in [-0.39, 0.29) is 11.8 Å². The van der Waals surface area contributed by atoms with E-state index in [0.717, 1.165) is 5.56 Å². The molecule has 0 aliphatic rings. The molecule has 2 aromatic carbocycles. The SMILES string of the molecule is COc1ccc(CNC(=O)NCCSCc2ccccc2F)cc1OC. The van der Waals surface area contributed by atoms with Crippen LogP contribution in [-0.4, -0.2) is 32.5 Å². The first-order chi connectivity index (χ1) is 12.6. The minimum absolute atomic E-state index is 0.194. The van der Waals surface area contributed by atoms with E-state index >= 15 is 0 Å². The molecule has 0 heterocycles. The second kappa shape index (κ2) is 10.6. The maximum atomic E-state index is 13.5. The molecule has 2 rings (SSSR count). The molecular weight excluding hydrogens is 355 g/mol. The number of nitrogens with one attached hydrogen (secondary N) is 2. The molecule has 26 heavy (non-hydrogen) atoms. The predicted molar refractivity (Wildman–Crippen MR) is 102 cm³/mol. The van der Waals surface area contributed by atoms with E-state index in [4.69, 9.17) is 9.47 Å². The van der Waals surface area contributed by atoms with Crippen LogP contribution in [0.2, 0.25) is 0 Å². The van der Waals surface area contributed by atoms with E-state index in [2.05, 4.69) is 10.6 Å². The molecule has 140 valence electrons. The Morgan fingerprint density at radius 2 is 1.85 bits per heavy atom. The summed E-state index contributed by atoms with van der Waals surface area (Å²) in [5.41, 5.74) is 1.59. The lowest BCUT2D eigenvalue weighted by Crippen LogP contribution is -2.36. The molecule has 0 atom stereocenters. The van der Waals surface area contributed by atoms with E-state index in [1.807, 2.05) is 18.2 Å². The highest BCUT2D eigenvalue weighted by atomic mass is 32.2. The van der Waals surface area contributed by atoms with Crippen molar-refractivity contribution < 1.29 is 18.7 Å². The first-order valence-electron chi connectivity index (χ1n) is 8.17. The zero-order chi connectivity index (χ0) is 18.8. The van der Waals surface area contributed by atoms with Gasteiger partial charge in [-0.2, -0.15) is 11.8 Å². The number of carbonyl (C=O) groups is 1. The van der Waals surface area contributed by atoms with Crippen LogP contribution < -0.4 is 20.1 Å². The number of hydrogen-bond acceptors (Lipinski definition) is 4. The largest absolute Gasteiger partial charge is 0.493 e. The Balaban J connectivity index is 1.65. The van der Waals surface area contributed by atoms with Gasteiger partial charge >= 0.3 is 6.03 Å². The Morgan fingerprint density at radius 1 is 1.08 bits per heavy atom. The van der Waals surface area contributed by atoms with Gasteiger partial charge in [-0.25, -0.2) is 9.18 Å². The Morgan fingerprint density at radius 3 is 2.58 bits per heavy atom. The Kier molecular flexibility index (Phi) is 8.08. The van der Waals surface area contributed by atoms with Gasteiger partial charge in [-0.05, 0) is 29.3 Å². The summed E-state index contributed by atoms with van der Waals surface area (Å²) < 4.78 is 23.9. The summed E-state index contributed by atoms with van der Waals surface area (Å²) in [6.07, 6.45) is 0. The summed E-state index contributed by atoms with van der Waals surface area (Å²) in [6, 6.07) is 12.0. The highest BCUT2D eigenvalue weighted by molar-refractivity contribution is 7.98. The lowest BCUT2D eigenvalue weighted by atomic mass is 10.2. The van der Waals surface area contributed by atoms with Gasteiger partial charge in [0.25, 0.3) is 0 Å². The van der Waals surface area contributed by atoms with Crippen molar-refractivity contribution in [3.8, 4) is 11.5 Å². The number of urea groups is 1. The fraction of sp³-hybridized carbons (Fsp3) is 0.316. The average molecular weight is 378 g/mol. The molecule has 0 spiro atoms. The molecule has 0 unspecified atom stereocenters. The number of rotatable bonds is 9. The number of thioether (sulfide) groups is 1. The van der Waals surface area contributed by atoms with Gasteiger partial charge in [-0.15, -0.1) is 0 Å². The number of ether oxygens (including phenoxy) is 2. The summed E-state index contributed by atoms with van der Waals surface area (Å²) in [6.45, 7) is 0.894. The van der Waals surface area contributed by atoms with Crippen molar-refractivity contribution in [1.82, 2.24) is 10.6 Å². The number of benzene rings is 2. The molecule has 0 radical (unpaired) electrons. The van der Waals surface area contributed by atoms with Crippen molar-refractivity contribution in [3.05, 3.63) is 59.4 Å². The van der Waals surface area contributed by atoms with Gasteiger partial charge in [0.2, 0.25) is 0 Å². The van der Waals surface area contributed by atoms with Crippen molar-refractivity contribution in [2.45, 2.75) is 12.3 Å². The highest BCUT2D eigenvalue weighted by Gasteiger charge is 2.06. The van der Waals surface area contributed by atoms with E-state index in [1.54, 1.807) is 44.2 Å². The third kappa shape index (κ3) is 6.15. The van der Waals surface area contributed by atoms with Crippen molar-refractivity contribution in [3.63, 3.8) is 0 Å². The molecule has 0 saturated carbocycles. The van der Waals surface area contributed by atoms with Gasteiger partial charge in [0.1, 0.15) is 5.82 Å². The molecule has 0 fully saturated rings. The van der Waals surface area contributed by atoms with Crippen LogP contribution in [0.25, 0.3) is 0 Å². The molecule has 2 aromatic rings. The lowest BCUT2D eigenvalue weighted by Gasteiger charge is -2.11. The standard InChI is InChI=1S/C19H23FN2O3S/c1-24-17-8-7-14(11-18(17)25-2)12-22-19(23)21-9-10-26-13-15-5-3-4-6-16(15)20/h3-8,11H,9-10,12-13H2,1-2H3,(H2,21,22,23). The highest BCUT2D eigenvalue weighted by Crippen LogP contribution is 2.27. The Labute approximate surface area is 157 Å². The summed E-state index contributed by atoms with van der Waals surface area (Å²) in [5, 5.41) is 5.57. The van der Waals surface area contributed by atoms with Gasteiger partial charge in [-0.3, -0.25) is 0 Å². The van der Waals surface area contributed by atoms with Crippen LogP contribution in [0.5, 0.6) is 11.5 Å². The van der Waals surface area contributed by atoms with Crippen LogP contribution >= 0.6 is 11.8 Å². The van der Waals surface area contributed by atoms with E-state index in [9.17, 15) is 9.18 Å². The van der Waals surface area contributed by atoms with Gasteiger partial charge in [0, 0.05) is 24.6 Å². The number of amides is 2. The van der Waals surface area contributed by atoms with E-state index in [1.165, 1.54) is 6.07 Å². The predicted octanol–water partition coefficient (Wildman–Crippen LogP) is 3.58. The zero-order valence-corrected chi connectivity index (χ0v) is 15.7. The second-order valence-corrected chi connectivity index (χ2v) is 6.55. The minimum Gasteiger partial charge on any atom is -0.493 e. The topological polar surface area (TPSA) is 59.6 Å². The molecule has 0 aromatic heterocycles. The molecule has 0 bridgehead atoms. The fourth-order valence-corrected chi connectivity index (χ4v) is 3.11. The third-order valence-corrected chi connectivity index (χ3v) is 4.66. The summed E-state index contributed by atoms with van der Waals surface area (Å²) in [7, 11) is 3.15. The quantitative estimate of drug-likeness (QED) is 0.655. The molecule has 0 saturated heterocycles. The number of carbonyl (C=O) groups excluding carboxylic acids is 1. The lowest BCUT2D eigenvalue weighted by molar-refractivity contribution is 0.241. The van der Waals surface area contributed by atoms with Crippen molar-refractivity contribution in [2.24, 2.45) is 0 Å². The normalized spacial score (nSPS) is 10.3. The van der Waals surface area contributed by atoms with Gasteiger partial charge in [-0.1, -0.05) is 24.3 Å². The molecule has 0 aliphatic heterocycles. The second-order valence-electron chi connectivity index (χ2n) is 5.44. The number of methoxy groups -OCH3 is 2. The summed E-state index contributed by atoms with van der Waals surface area (Å²) in [5.74, 6) is 2.37. The molecule has 7 heteroatoms. The number of hydrogen-bond donors (Lipinski definition) is 2. The maximum absolute atomic E-state index is 13.5. The smallest absolute Gasteiger partial charge is 0.315 e. The van der Waals surface area contributed by atoms with Crippen molar-refractivity contribution in [2.75, 3.05) is 26.5 Å². The van der Waals surface area contributed by atoms with Crippen molar-refractivity contribution >= 4 is 17.8 Å². The van der Waals surface area contributed by atoms with Crippen LogP contribution in [0, 0.1) is 5.82 Å². The van der Waals surface area contributed by atoms with Crippen molar-refractivity contribution in [1.29, 1.82) is 0 Å². The maximum Gasteiger partial charge on any atom is 0.315 e. The molecule has 0 aliphatic carbocycles. The Hall–Kier alpha value is -2.41. The number of halogens is 1. The molecule has 5 nitrogen and oxygen atoms in total. The molecule has 2 N–H and O–H groups in total. The van der Waals surface area contributed by atoms with Crippen LogP contribution in [-0.2, 0) is 12.3 Å². The first kappa shape index (κ1) is 19.9. The Bertz CT molecular complexity index is 728. The first-order valence-corrected chi connectivity index (χ1v) is 9.33. The van der Waals surface area contributed by atoms with Crippen LogP contribution in [0.1, 0.15) is 11.1 Å². The van der Waals surface area contributed by atoms with Crippen LogP contribution in [0.15, 0.2) is 42.5 Å². The average Bonchev–Trinajstić information content (AvgIpc) is 2.67. The summed E-state index contributed by atoms with van der Waals surface area (Å²) >= 11 is 1.57. The molecule has 2 amide bonds. The monoisotopic (exact) mass is 378 g/mol. The molecular formula is C19H23FN2O3S. The van der Waals surface area contributed by atoms with Gasteiger partial charge in [0.05, 0.1) is 14.2 Å². The zero-order valence-electron chi connectivity index (χ0n) is 14.9. The van der Waals surface area contributed by atoms with Gasteiger partial charge < -0.3 is 20.1 Å². The summed E-state index contributed by atoms with van der Waals surface area (Å²) in [4.78, 5) is 11.8. The van der Waals surface area contributed by atoms with E-state index in [0.29, 0.717) is 41.7 Å². The fourth-order valence-electron chi connectivity index (χ4n) is 2.27. The van der Waals surface area contributed by atoms with Gasteiger partial charge in [0.15, 0.2) is 11.5 Å².